The fraction of sp³-hybridized carbons (Fsp3) is 0.471. The first-order chi connectivity index (χ1) is 12.1. The highest BCUT2D eigenvalue weighted by atomic mass is 79.9. The van der Waals surface area contributed by atoms with Gasteiger partial charge in [-0.25, -0.2) is 4.39 Å². The molecule has 0 aliphatic heterocycles. The quantitative estimate of drug-likeness (QED) is 0.625. The Balaban J connectivity index is 2.21. The van der Waals surface area contributed by atoms with Crippen molar-refractivity contribution in [2.45, 2.75) is 45.4 Å². The van der Waals surface area contributed by atoms with E-state index in [9.17, 15) is 17.6 Å². The van der Waals surface area contributed by atoms with Crippen molar-refractivity contribution >= 4 is 49.3 Å². The lowest BCUT2D eigenvalue weighted by Crippen LogP contribution is -2.27. The van der Waals surface area contributed by atoms with Crippen LogP contribution in [0.2, 0.25) is 5.02 Å². The number of allylic oxidation sites excluding steroid dienone is 2. The number of carbonyl (C=O) groups excluding carboxylic acids is 1. The summed E-state index contributed by atoms with van der Waals surface area (Å²) in [6.45, 7) is 2.07. The van der Waals surface area contributed by atoms with Crippen LogP contribution in [0.1, 0.15) is 50.2 Å². The van der Waals surface area contributed by atoms with Gasteiger partial charge < -0.3 is 4.18 Å². The molecule has 1 atom stereocenters. The summed E-state index contributed by atoms with van der Waals surface area (Å²) >= 11 is 9.62. The number of Topliss-reactive ketones (excluding diaryl/α,β-unsaturated/α-hetero) is 1. The van der Waals surface area contributed by atoms with Gasteiger partial charge in [0.1, 0.15) is 0 Å². The van der Waals surface area contributed by atoms with Crippen LogP contribution in [0.3, 0.4) is 0 Å². The number of fused-ring (bicyclic) bond motifs is 3. The normalized spacial score (nSPS) is 22.4. The molecule has 1 N–H and O–H groups in total. The van der Waals surface area contributed by atoms with Crippen LogP contribution in [0.5, 0.6) is 5.75 Å². The van der Waals surface area contributed by atoms with Gasteiger partial charge in [-0.15, -0.1) is 0 Å². The molecule has 2 aliphatic carbocycles. The Kier molecular flexibility index (Phi) is 5.24. The van der Waals surface area contributed by atoms with Crippen molar-refractivity contribution in [2.24, 2.45) is 5.41 Å². The van der Waals surface area contributed by atoms with Gasteiger partial charge in [0.2, 0.25) is 0 Å². The van der Waals surface area contributed by atoms with Crippen LogP contribution < -0.4 is 4.18 Å². The summed E-state index contributed by atoms with van der Waals surface area (Å²) in [6, 6.07) is 1.13. The number of halogens is 3. The molecule has 142 valence electrons. The lowest BCUT2D eigenvalue weighted by molar-refractivity contribution is -0.115. The number of ketones is 1. The van der Waals surface area contributed by atoms with E-state index in [0.717, 1.165) is 30.9 Å². The summed E-state index contributed by atoms with van der Waals surface area (Å²) in [5.41, 5.74) is 1.41. The Morgan fingerprint density at radius 1 is 1.46 bits per heavy atom. The average molecular weight is 468 g/mol. The third-order valence-electron chi connectivity index (χ3n) is 5.08. The lowest BCUT2D eigenvalue weighted by Gasteiger charge is -2.35. The summed E-state index contributed by atoms with van der Waals surface area (Å²) in [7, 11) is -4.91. The van der Waals surface area contributed by atoms with Crippen molar-refractivity contribution in [1.29, 1.82) is 0 Å². The van der Waals surface area contributed by atoms with Crippen LogP contribution in [-0.4, -0.2) is 18.8 Å². The minimum Gasteiger partial charge on any atom is -0.357 e. The monoisotopic (exact) mass is 466 g/mol. The third-order valence-corrected chi connectivity index (χ3v) is 6.70. The van der Waals surface area contributed by atoms with E-state index in [-0.39, 0.29) is 16.2 Å². The van der Waals surface area contributed by atoms with Crippen molar-refractivity contribution in [2.75, 3.05) is 0 Å². The highest BCUT2D eigenvalue weighted by molar-refractivity contribution is 9.12. The van der Waals surface area contributed by atoms with Gasteiger partial charge in [-0.2, -0.15) is 8.42 Å². The number of unbranched alkanes of at least 4 members (excludes halogenated alkanes) is 1. The molecule has 2 aliphatic rings. The summed E-state index contributed by atoms with van der Waals surface area (Å²) < 4.78 is 50.1. The van der Waals surface area contributed by atoms with Crippen LogP contribution in [-0.2, 0) is 21.6 Å². The number of rotatable bonds is 5. The molecule has 0 amide bonds. The van der Waals surface area contributed by atoms with E-state index in [0.29, 0.717) is 34.9 Å². The predicted molar refractivity (Wildman–Crippen MR) is 99.3 cm³/mol. The van der Waals surface area contributed by atoms with E-state index in [1.807, 2.05) is 0 Å². The molecule has 0 saturated carbocycles. The molecule has 0 unspecified atom stereocenters. The smallest absolute Gasteiger partial charge is 0.357 e. The molecule has 0 aromatic heterocycles. The van der Waals surface area contributed by atoms with E-state index in [1.165, 1.54) is 0 Å². The summed E-state index contributed by atoms with van der Waals surface area (Å²) in [5, 5.41) is -0.192. The minimum absolute atomic E-state index is 0.0465. The largest absolute Gasteiger partial charge is 0.446 e. The van der Waals surface area contributed by atoms with Gasteiger partial charge in [0, 0.05) is 11.8 Å². The van der Waals surface area contributed by atoms with Crippen LogP contribution in [0, 0.1) is 11.2 Å². The molecule has 1 aromatic rings. The zero-order valence-corrected chi connectivity index (χ0v) is 17.1. The van der Waals surface area contributed by atoms with Gasteiger partial charge >= 0.3 is 10.4 Å². The summed E-state index contributed by atoms with van der Waals surface area (Å²) in [6.07, 6.45) is 4.17. The first-order valence-corrected chi connectivity index (χ1v) is 10.7. The highest BCUT2D eigenvalue weighted by Crippen LogP contribution is 2.59. The molecular formula is C17H17BrClFO5S. The van der Waals surface area contributed by atoms with Gasteiger partial charge in [0.15, 0.2) is 17.3 Å². The van der Waals surface area contributed by atoms with E-state index < -0.39 is 22.0 Å². The lowest BCUT2D eigenvalue weighted by atomic mass is 9.69. The molecule has 0 heterocycles. The summed E-state index contributed by atoms with van der Waals surface area (Å²) in [4.78, 5) is 12.2. The highest BCUT2D eigenvalue weighted by Gasteiger charge is 2.48. The molecule has 3 rings (SSSR count). The van der Waals surface area contributed by atoms with Gasteiger partial charge in [-0.05, 0) is 58.0 Å². The number of hydrogen-bond acceptors (Lipinski definition) is 4. The maximum atomic E-state index is 14.5. The molecule has 0 radical (unpaired) electrons. The van der Waals surface area contributed by atoms with E-state index in [4.69, 9.17) is 16.2 Å². The van der Waals surface area contributed by atoms with Crippen LogP contribution in [0.15, 0.2) is 10.5 Å². The molecule has 0 spiro atoms. The Morgan fingerprint density at radius 3 is 2.77 bits per heavy atom. The molecule has 0 saturated heterocycles. The third kappa shape index (κ3) is 3.32. The van der Waals surface area contributed by atoms with Crippen molar-refractivity contribution in [3.63, 3.8) is 0 Å². The second-order valence-electron chi connectivity index (χ2n) is 6.71. The van der Waals surface area contributed by atoms with Crippen LogP contribution in [0.4, 0.5) is 4.39 Å². The van der Waals surface area contributed by atoms with Crippen molar-refractivity contribution in [3.8, 4) is 5.75 Å². The molecule has 26 heavy (non-hydrogen) atoms. The van der Waals surface area contributed by atoms with Gasteiger partial charge in [-0.1, -0.05) is 31.4 Å². The zero-order valence-electron chi connectivity index (χ0n) is 13.9. The minimum atomic E-state index is -4.91. The molecule has 0 bridgehead atoms. The molecule has 0 fully saturated rings. The van der Waals surface area contributed by atoms with Gasteiger partial charge in [0.05, 0.1) is 9.51 Å². The number of carbonyl (C=O) groups is 1. The Bertz CT molecular complexity index is 928. The SMILES string of the molecule is CCCC[C@@]12CCC(=O)C(Br)=C1c1cc(F)c(OS(=O)(=O)O)c(Cl)c1C2. The number of benzene rings is 1. The standard InChI is InChI=1S/C17H17BrClFO5S/c1-2-3-5-17-6-4-12(21)14(18)13(17)9-7-11(20)16(25-26(22,23)24)15(19)10(9)8-17/h7H,2-6,8H2,1H3,(H,22,23,24)/t17-/m0/s1. The number of hydrogen-bond donors (Lipinski definition) is 1. The topological polar surface area (TPSA) is 80.7 Å². The second kappa shape index (κ2) is 6.89. The molecular weight excluding hydrogens is 451 g/mol. The van der Waals surface area contributed by atoms with Gasteiger partial charge in [-0.3, -0.25) is 9.35 Å². The first-order valence-electron chi connectivity index (χ1n) is 8.21. The van der Waals surface area contributed by atoms with E-state index in [1.54, 1.807) is 0 Å². The van der Waals surface area contributed by atoms with Crippen molar-refractivity contribution < 1.29 is 26.3 Å². The predicted octanol–water partition coefficient (Wildman–Crippen LogP) is 4.86. The fourth-order valence-corrected chi connectivity index (χ4v) is 5.50. The Labute approximate surface area is 164 Å². The first kappa shape index (κ1) is 19.8. The Hall–Kier alpha value is -0.960. The zero-order chi connectivity index (χ0) is 19.3. The second-order valence-corrected chi connectivity index (χ2v) is 8.90. The van der Waals surface area contributed by atoms with Crippen molar-refractivity contribution in [1.82, 2.24) is 0 Å². The van der Waals surface area contributed by atoms with Crippen LogP contribution in [0.25, 0.3) is 5.57 Å². The summed E-state index contributed by atoms with van der Waals surface area (Å²) in [5.74, 6) is -1.78. The average Bonchev–Trinajstić information content (AvgIpc) is 2.88. The Morgan fingerprint density at radius 2 is 2.15 bits per heavy atom. The molecule has 9 heteroatoms. The van der Waals surface area contributed by atoms with Gasteiger partial charge in [0.25, 0.3) is 0 Å². The maximum Gasteiger partial charge on any atom is 0.446 e. The van der Waals surface area contributed by atoms with Crippen molar-refractivity contribution in [3.05, 3.63) is 32.5 Å². The fourth-order valence-electron chi connectivity index (χ4n) is 3.95. The van der Waals surface area contributed by atoms with Crippen LogP contribution >= 0.6 is 27.5 Å². The van der Waals surface area contributed by atoms with E-state index >= 15 is 0 Å². The molecule has 1 aromatic carbocycles. The molecule has 5 nitrogen and oxygen atoms in total. The maximum absolute atomic E-state index is 14.5. The van der Waals surface area contributed by atoms with E-state index in [2.05, 4.69) is 27.0 Å².